The Balaban J connectivity index is 1.78. The van der Waals surface area contributed by atoms with Crippen LogP contribution in [0.15, 0.2) is 9.90 Å². The van der Waals surface area contributed by atoms with Crippen LogP contribution in [0.3, 0.4) is 0 Å². The van der Waals surface area contributed by atoms with Crippen LogP contribution >= 0.6 is 11.3 Å². The van der Waals surface area contributed by atoms with E-state index in [1.165, 1.54) is 0 Å². The molecular formula is C13H20N6OS. The Bertz CT molecular complexity index is 597. The number of nitrogens with two attached hydrogens (primary N) is 1. The highest BCUT2D eigenvalue weighted by Gasteiger charge is 2.28. The molecule has 7 nitrogen and oxygen atoms in total. The van der Waals surface area contributed by atoms with Crippen LogP contribution in [-0.4, -0.2) is 65.2 Å². The van der Waals surface area contributed by atoms with Gasteiger partial charge < -0.3 is 15.2 Å². The molecule has 1 saturated heterocycles. The third-order valence-electron chi connectivity index (χ3n) is 3.72. The molecule has 0 radical (unpaired) electrons. The molecule has 3 heterocycles. The lowest BCUT2D eigenvalue weighted by atomic mass is 10.2. The van der Waals surface area contributed by atoms with Crippen LogP contribution in [0.2, 0.25) is 0 Å². The minimum Gasteiger partial charge on any atom is -0.332 e. The van der Waals surface area contributed by atoms with Gasteiger partial charge >= 0.3 is 0 Å². The highest BCUT2D eigenvalue weighted by atomic mass is 32.1. The van der Waals surface area contributed by atoms with E-state index in [2.05, 4.69) is 39.0 Å². The first-order chi connectivity index (χ1) is 10.2. The summed E-state index contributed by atoms with van der Waals surface area (Å²) >= 11 is 1.58. The van der Waals surface area contributed by atoms with Crippen molar-refractivity contribution in [1.82, 2.24) is 24.9 Å². The summed E-state index contributed by atoms with van der Waals surface area (Å²) < 4.78 is 5.39. The van der Waals surface area contributed by atoms with Gasteiger partial charge in [-0.25, -0.2) is 4.98 Å². The van der Waals surface area contributed by atoms with Gasteiger partial charge in [-0.2, -0.15) is 4.98 Å². The zero-order chi connectivity index (χ0) is 14.8. The molecule has 0 amide bonds. The van der Waals surface area contributed by atoms with Gasteiger partial charge in [0.25, 0.3) is 5.89 Å². The standard InChI is InChI=1S/C13H20N6OS/c1-18-5-6-19(2)10(7-18)12-16-13(20-17-12)9-8-21-11(15-9)3-4-14/h8,10H,3-7,14H2,1-2H3. The third-order valence-corrected chi connectivity index (χ3v) is 4.63. The molecule has 3 rings (SSSR count). The molecule has 2 aromatic rings. The average Bonchev–Trinajstić information content (AvgIpc) is 3.10. The van der Waals surface area contributed by atoms with Crippen LogP contribution in [0.25, 0.3) is 11.6 Å². The second kappa shape index (κ2) is 6.18. The Morgan fingerprint density at radius 3 is 3.05 bits per heavy atom. The van der Waals surface area contributed by atoms with Gasteiger partial charge in [0.2, 0.25) is 0 Å². The summed E-state index contributed by atoms with van der Waals surface area (Å²) in [6, 6.07) is 0.170. The number of thiazole rings is 1. The molecule has 1 fully saturated rings. The Kier molecular flexibility index (Phi) is 4.29. The summed E-state index contributed by atoms with van der Waals surface area (Å²) in [7, 11) is 4.20. The summed E-state index contributed by atoms with van der Waals surface area (Å²) in [5.74, 6) is 1.22. The molecule has 2 N–H and O–H groups in total. The predicted molar refractivity (Wildman–Crippen MR) is 81.0 cm³/mol. The maximum atomic E-state index is 5.54. The highest BCUT2D eigenvalue weighted by molar-refractivity contribution is 7.09. The minimum absolute atomic E-state index is 0.170. The summed E-state index contributed by atoms with van der Waals surface area (Å²) in [5, 5.41) is 7.09. The maximum Gasteiger partial charge on any atom is 0.277 e. The topological polar surface area (TPSA) is 84.3 Å². The molecule has 114 valence electrons. The number of likely N-dealkylation sites (N-methyl/N-ethyl adjacent to an activating group) is 2. The average molecular weight is 308 g/mol. The van der Waals surface area contributed by atoms with Crippen molar-refractivity contribution in [3.63, 3.8) is 0 Å². The Hall–Kier alpha value is -1.35. The maximum absolute atomic E-state index is 5.54. The van der Waals surface area contributed by atoms with Gasteiger partial charge in [0.15, 0.2) is 5.82 Å². The molecule has 0 saturated carbocycles. The van der Waals surface area contributed by atoms with Crippen molar-refractivity contribution in [2.45, 2.75) is 12.5 Å². The van der Waals surface area contributed by atoms with Gasteiger partial charge in [0, 0.05) is 31.4 Å². The van der Waals surface area contributed by atoms with Crippen LogP contribution in [0, 0.1) is 0 Å². The van der Waals surface area contributed by atoms with Crippen molar-refractivity contribution < 1.29 is 4.52 Å². The number of nitrogens with zero attached hydrogens (tertiary/aromatic N) is 5. The zero-order valence-electron chi connectivity index (χ0n) is 12.3. The molecule has 1 aliphatic heterocycles. The lowest BCUT2D eigenvalue weighted by Gasteiger charge is -2.35. The van der Waals surface area contributed by atoms with Crippen LogP contribution in [-0.2, 0) is 6.42 Å². The fraction of sp³-hybridized carbons (Fsp3) is 0.615. The van der Waals surface area contributed by atoms with E-state index < -0.39 is 0 Å². The zero-order valence-corrected chi connectivity index (χ0v) is 13.1. The lowest BCUT2D eigenvalue weighted by molar-refractivity contribution is 0.108. The molecule has 0 aromatic carbocycles. The van der Waals surface area contributed by atoms with Crippen molar-refractivity contribution in [3.8, 4) is 11.6 Å². The quantitative estimate of drug-likeness (QED) is 0.886. The van der Waals surface area contributed by atoms with E-state index in [1.54, 1.807) is 11.3 Å². The Morgan fingerprint density at radius 2 is 2.24 bits per heavy atom. The molecule has 21 heavy (non-hydrogen) atoms. The van der Waals surface area contributed by atoms with Crippen LogP contribution in [0.1, 0.15) is 16.9 Å². The largest absolute Gasteiger partial charge is 0.332 e. The van der Waals surface area contributed by atoms with E-state index in [1.807, 2.05) is 5.38 Å². The van der Waals surface area contributed by atoms with E-state index in [0.717, 1.165) is 42.6 Å². The van der Waals surface area contributed by atoms with Gasteiger partial charge in [0.1, 0.15) is 5.69 Å². The van der Waals surface area contributed by atoms with Gasteiger partial charge in [-0.3, -0.25) is 4.90 Å². The van der Waals surface area contributed by atoms with Crippen LogP contribution < -0.4 is 5.73 Å². The second-order valence-corrected chi connectivity index (χ2v) is 6.32. The number of rotatable bonds is 4. The van der Waals surface area contributed by atoms with Gasteiger partial charge in [0.05, 0.1) is 11.0 Å². The second-order valence-electron chi connectivity index (χ2n) is 5.38. The van der Waals surface area contributed by atoms with Crippen molar-refractivity contribution in [1.29, 1.82) is 0 Å². The minimum atomic E-state index is 0.170. The first kappa shape index (κ1) is 14.6. The molecule has 1 aliphatic rings. The number of hydrogen-bond acceptors (Lipinski definition) is 8. The fourth-order valence-electron chi connectivity index (χ4n) is 2.41. The molecular weight excluding hydrogens is 288 g/mol. The molecule has 2 aromatic heterocycles. The van der Waals surface area contributed by atoms with E-state index in [-0.39, 0.29) is 6.04 Å². The number of hydrogen-bond donors (Lipinski definition) is 1. The monoisotopic (exact) mass is 308 g/mol. The van der Waals surface area contributed by atoms with E-state index in [9.17, 15) is 0 Å². The lowest BCUT2D eigenvalue weighted by Crippen LogP contribution is -2.45. The normalized spacial score (nSPS) is 21.0. The van der Waals surface area contributed by atoms with E-state index in [4.69, 9.17) is 10.3 Å². The van der Waals surface area contributed by atoms with Crippen LogP contribution in [0.4, 0.5) is 0 Å². The predicted octanol–water partition coefficient (Wildman–Crippen LogP) is 0.613. The van der Waals surface area contributed by atoms with E-state index >= 15 is 0 Å². The Morgan fingerprint density at radius 1 is 1.38 bits per heavy atom. The SMILES string of the molecule is CN1CCN(C)C(c2noc(-c3csc(CCN)n3)n2)C1. The molecule has 1 unspecified atom stereocenters. The number of piperazine rings is 1. The summed E-state index contributed by atoms with van der Waals surface area (Å²) in [6.07, 6.45) is 0.780. The molecule has 8 heteroatoms. The van der Waals surface area contributed by atoms with Gasteiger partial charge in [-0.1, -0.05) is 5.16 Å². The number of aromatic nitrogens is 3. The van der Waals surface area contributed by atoms with Crippen molar-refractivity contribution in [2.24, 2.45) is 5.73 Å². The first-order valence-corrected chi connectivity index (χ1v) is 7.92. The molecule has 0 bridgehead atoms. The molecule has 0 aliphatic carbocycles. The first-order valence-electron chi connectivity index (χ1n) is 7.04. The van der Waals surface area contributed by atoms with Crippen molar-refractivity contribution in [3.05, 3.63) is 16.2 Å². The summed E-state index contributed by atoms with van der Waals surface area (Å²) in [4.78, 5) is 13.6. The highest BCUT2D eigenvalue weighted by Crippen LogP contribution is 2.25. The fourth-order valence-corrected chi connectivity index (χ4v) is 3.20. The van der Waals surface area contributed by atoms with Crippen molar-refractivity contribution in [2.75, 3.05) is 40.3 Å². The van der Waals surface area contributed by atoms with Gasteiger partial charge in [-0.15, -0.1) is 11.3 Å². The van der Waals surface area contributed by atoms with E-state index in [0.29, 0.717) is 12.4 Å². The molecule has 0 spiro atoms. The summed E-state index contributed by atoms with van der Waals surface area (Å²) in [6.45, 7) is 3.57. The van der Waals surface area contributed by atoms with Crippen molar-refractivity contribution >= 4 is 11.3 Å². The third kappa shape index (κ3) is 3.13. The molecule has 1 atom stereocenters. The summed E-state index contributed by atoms with van der Waals surface area (Å²) in [5.41, 5.74) is 6.29. The smallest absolute Gasteiger partial charge is 0.277 e. The van der Waals surface area contributed by atoms with Gasteiger partial charge in [-0.05, 0) is 20.6 Å². The Labute approximate surface area is 127 Å². The van der Waals surface area contributed by atoms with Crippen LogP contribution in [0.5, 0.6) is 0 Å².